The van der Waals surface area contributed by atoms with E-state index in [9.17, 15) is 8.42 Å². The molecule has 0 aliphatic carbocycles. The molecule has 0 amide bonds. The van der Waals surface area contributed by atoms with Crippen molar-refractivity contribution in [1.29, 1.82) is 0 Å². The van der Waals surface area contributed by atoms with Gasteiger partial charge in [-0.1, -0.05) is 22.0 Å². The topological polar surface area (TPSA) is 83.1 Å². The van der Waals surface area contributed by atoms with Crippen molar-refractivity contribution in [2.45, 2.75) is 11.4 Å². The maximum Gasteiger partial charge on any atom is 0.244 e. The molecule has 0 saturated heterocycles. The summed E-state index contributed by atoms with van der Waals surface area (Å²) < 4.78 is 49.7. The molecular weight excluding hydrogens is 426 g/mol. The normalized spacial score (nSPS) is 11.1. The molecule has 0 aromatic heterocycles. The first-order chi connectivity index (χ1) is 12.4. The number of hydrogen-bond donors (Lipinski definition) is 1. The highest BCUT2D eigenvalue weighted by atomic mass is 79.9. The van der Waals surface area contributed by atoms with Crippen molar-refractivity contribution in [1.82, 2.24) is 4.72 Å². The third-order valence-corrected chi connectivity index (χ3v) is 5.57. The highest BCUT2D eigenvalue weighted by molar-refractivity contribution is 9.10. The fourth-order valence-corrected chi connectivity index (χ4v) is 4.13. The Hall–Kier alpha value is -1.97. The van der Waals surface area contributed by atoms with E-state index < -0.39 is 10.0 Å². The Morgan fingerprint density at radius 1 is 0.885 bits per heavy atom. The molecule has 0 radical (unpaired) electrons. The zero-order chi connectivity index (χ0) is 19.3. The molecule has 0 atom stereocenters. The fourth-order valence-electron chi connectivity index (χ4n) is 2.41. The van der Waals surface area contributed by atoms with E-state index in [1.807, 2.05) is 0 Å². The Morgan fingerprint density at radius 2 is 1.50 bits per heavy atom. The lowest BCUT2D eigenvalue weighted by Crippen LogP contribution is -2.24. The monoisotopic (exact) mass is 445 g/mol. The van der Waals surface area contributed by atoms with E-state index in [2.05, 4.69) is 20.7 Å². The molecule has 0 saturated carbocycles. The lowest BCUT2D eigenvalue weighted by molar-refractivity contribution is 0.322. The summed E-state index contributed by atoms with van der Waals surface area (Å²) in [5.74, 6) is 1.53. The van der Waals surface area contributed by atoms with Gasteiger partial charge in [0.15, 0.2) is 11.5 Å². The van der Waals surface area contributed by atoms with Crippen molar-refractivity contribution in [2.75, 3.05) is 28.4 Å². The van der Waals surface area contributed by atoms with Gasteiger partial charge in [-0.05, 0) is 24.3 Å². The summed E-state index contributed by atoms with van der Waals surface area (Å²) in [6.07, 6.45) is 0. The average Bonchev–Trinajstić information content (AvgIpc) is 2.65. The van der Waals surface area contributed by atoms with Gasteiger partial charge in [0, 0.05) is 16.6 Å². The first kappa shape index (κ1) is 20.3. The van der Waals surface area contributed by atoms with Crippen molar-refractivity contribution < 1.29 is 27.4 Å². The van der Waals surface area contributed by atoms with Gasteiger partial charge in [0.25, 0.3) is 0 Å². The summed E-state index contributed by atoms with van der Waals surface area (Å²) in [6.45, 7) is 0.00152. The van der Waals surface area contributed by atoms with Crippen LogP contribution in [0.15, 0.2) is 39.7 Å². The summed E-state index contributed by atoms with van der Waals surface area (Å²) in [4.78, 5) is 0.0359. The number of hydrogen-bond acceptors (Lipinski definition) is 6. The van der Waals surface area contributed by atoms with Gasteiger partial charge in [0.05, 0.1) is 28.4 Å². The van der Waals surface area contributed by atoms with Crippen LogP contribution in [0.2, 0.25) is 0 Å². The Morgan fingerprint density at radius 3 is 2.08 bits per heavy atom. The third kappa shape index (κ3) is 4.22. The Kier molecular flexibility index (Phi) is 6.74. The Bertz CT molecular complexity index is 885. The first-order valence-electron chi connectivity index (χ1n) is 7.49. The summed E-state index contributed by atoms with van der Waals surface area (Å²) in [5.41, 5.74) is 0.600. The standard InChI is InChI=1S/C17H20BrNO6S/c1-22-13-8-6-12(18)9-15(13)26(20,21)19-10-11-5-7-14(23-2)17(25-4)16(11)24-3/h5-9,19H,10H2,1-4H3. The number of rotatable bonds is 8. The van der Waals surface area contributed by atoms with Crippen LogP contribution in [0.5, 0.6) is 23.0 Å². The van der Waals surface area contributed by atoms with Crippen LogP contribution < -0.4 is 23.7 Å². The number of halogens is 1. The minimum Gasteiger partial charge on any atom is -0.495 e. The molecule has 0 aliphatic rings. The molecular formula is C17H20BrNO6S. The predicted octanol–water partition coefficient (Wildman–Crippen LogP) is 2.96. The molecule has 0 unspecified atom stereocenters. The van der Waals surface area contributed by atoms with Gasteiger partial charge in [0.1, 0.15) is 10.6 Å². The SMILES string of the molecule is COc1ccc(Br)cc1S(=O)(=O)NCc1ccc(OC)c(OC)c1OC. The Labute approximate surface area is 161 Å². The van der Waals surface area contributed by atoms with E-state index >= 15 is 0 Å². The van der Waals surface area contributed by atoms with E-state index in [0.29, 0.717) is 27.3 Å². The fraction of sp³-hybridized carbons (Fsp3) is 0.294. The van der Waals surface area contributed by atoms with Gasteiger partial charge in [0.2, 0.25) is 15.8 Å². The predicted molar refractivity (Wildman–Crippen MR) is 101 cm³/mol. The number of benzene rings is 2. The lowest BCUT2D eigenvalue weighted by atomic mass is 10.1. The second-order valence-corrected chi connectivity index (χ2v) is 7.76. The zero-order valence-corrected chi connectivity index (χ0v) is 17.2. The molecule has 2 rings (SSSR count). The van der Waals surface area contributed by atoms with Crippen molar-refractivity contribution in [3.05, 3.63) is 40.4 Å². The summed E-state index contributed by atoms with van der Waals surface area (Å²) >= 11 is 3.27. The first-order valence-corrected chi connectivity index (χ1v) is 9.76. The average molecular weight is 446 g/mol. The molecule has 1 N–H and O–H groups in total. The van der Waals surface area contributed by atoms with E-state index in [4.69, 9.17) is 18.9 Å². The molecule has 0 bridgehead atoms. The van der Waals surface area contributed by atoms with Crippen molar-refractivity contribution >= 4 is 26.0 Å². The molecule has 0 spiro atoms. The lowest BCUT2D eigenvalue weighted by Gasteiger charge is -2.16. The smallest absolute Gasteiger partial charge is 0.244 e. The van der Waals surface area contributed by atoms with Crippen LogP contribution in [0, 0.1) is 0 Å². The molecule has 2 aromatic carbocycles. The minimum atomic E-state index is -3.82. The van der Waals surface area contributed by atoms with Crippen molar-refractivity contribution in [2.24, 2.45) is 0 Å². The van der Waals surface area contributed by atoms with E-state index in [1.54, 1.807) is 24.3 Å². The highest BCUT2D eigenvalue weighted by Gasteiger charge is 2.22. The molecule has 0 fully saturated rings. The van der Waals surface area contributed by atoms with Gasteiger partial charge in [-0.15, -0.1) is 0 Å². The largest absolute Gasteiger partial charge is 0.495 e. The van der Waals surface area contributed by atoms with Crippen LogP contribution in [-0.4, -0.2) is 36.9 Å². The highest BCUT2D eigenvalue weighted by Crippen LogP contribution is 2.39. The summed E-state index contributed by atoms with van der Waals surface area (Å²) in [7, 11) is 2.08. The molecule has 0 heterocycles. The maximum absolute atomic E-state index is 12.7. The quantitative estimate of drug-likeness (QED) is 0.672. The van der Waals surface area contributed by atoms with Crippen molar-refractivity contribution in [3.63, 3.8) is 0 Å². The zero-order valence-electron chi connectivity index (χ0n) is 14.8. The third-order valence-electron chi connectivity index (χ3n) is 3.65. The number of methoxy groups -OCH3 is 4. The van der Waals surface area contributed by atoms with Crippen LogP contribution in [0.1, 0.15) is 5.56 Å². The van der Waals surface area contributed by atoms with Gasteiger partial charge in [-0.25, -0.2) is 13.1 Å². The van der Waals surface area contributed by atoms with Crippen LogP contribution in [0.4, 0.5) is 0 Å². The van der Waals surface area contributed by atoms with Crippen LogP contribution >= 0.6 is 15.9 Å². The van der Waals surface area contributed by atoms with Crippen molar-refractivity contribution in [3.8, 4) is 23.0 Å². The van der Waals surface area contributed by atoms with Gasteiger partial charge in [-0.3, -0.25) is 0 Å². The van der Waals surface area contributed by atoms with Gasteiger partial charge >= 0.3 is 0 Å². The minimum absolute atomic E-state index is 0.00152. The van der Waals surface area contributed by atoms with E-state index in [-0.39, 0.29) is 17.2 Å². The molecule has 2 aromatic rings. The summed E-state index contributed by atoms with van der Waals surface area (Å²) in [5, 5.41) is 0. The van der Waals surface area contributed by atoms with E-state index in [0.717, 1.165) is 0 Å². The Balaban J connectivity index is 2.35. The number of ether oxygens (including phenoxy) is 4. The molecule has 142 valence electrons. The molecule has 0 aliphatic heterocycles. The van der Waals surface area contributed by atoms with Crippen LogP contribution in [0.25, 0.3) is 0 Å². The number of sulfonamides is 1. The van der Waals surface area contributed by atoms with Crippen LogP contribution in [-0.2, 0) is 16.6 Å². The molecule has 26 heavy (non-hydrogen) atoms. The van der Waals surface area contributed by atoms with E-state index in [1.165, 1.54) is 34.5 Å². The van der Waals surface area contributed by atoms with Gasteiger partial charge in [-0.2, -0.15) is 0 Å². The van der Waals surface area contributed by atoms with Gasteiger partial charge < -0.3 is 18.9 Å². The number of nitrogens with one attached hydrogen (secondary N) is 1. The second kappa shape index (κ2) is 8.61. The van der Waals surface area contributed by atoms with Crippen LogP contribution in [0.3, 0.4) is 0 Å². The maximum atomic E-state index is 12.7. The second-order valence-electron chi connectivity index (χ2n) is 5.11. The summed E-state index contributed by atoms with van der Waals surface area (Å²) in [6, 6.07) is 8.16. The molecule has 7 nitrogen and oxygen atoms in total. The molecule has 9 heteroatoms.